The van der Waals surface area contributed by atoms with Crippen LogP contribution in [0.15, 0.2) is 24.3 Å². The van der Waals surface area contributed by atoms with Crippen LogP contribution in [0.25, 0.3) is 0 Å². The molecule has 5 nitrogen and oxygen atoms in total. The summed E-state index contributed by atoms with van der Waals surface area (Å²) in [6.45, 7) is 8.73. The van der Waals surface area contributed by atoms with Gasteiger partial charge in [-0.1, -0.05) is 31.6 Å². The number of carbonyl (C=O) groups is 1. The van der Waals surface area contributed by atoms with Crippen LogP contribution in [0.5, 0.6) is 11.5 Å². The molecule has 1 unspecified atom stereocenters. The van der Waals surface area contributed by atoms with Gasteiger partial charge in [0, 0.05) is 24.6 Å². The molecule has 4 aliphatic rings. The van der Waals surface area contributed by atoms with E-state index in [9.17, 15) is 4.79 Å². The molecule has 0 amide bonds. The summed E-state index contributed by atoms with van der Waals surface area (Å²) >= 11 is 0. The van der Waals surface area contributed by atoms with Gasteiger partial charge in [-0.05, 0) is 70.5 Å². The number of nitrogens with zero attached hydrogens (tertiary/aromatic N) is 1. The van der Waals surface area contributed by atoms with Gasteiger partial charge in [-0.15, -0.1) is 0 Å². The van der Waals surface area contributed by atoms with Crippen molar-refractivity contribution in [1.29, 1.82) is 0 Å². The SMILES string of the molecule is C/C=C/CO[C@@]12CCC(=O)[C@@H]3Oc4c(OCCCC)ccc(c4C31C)C[C@H]2N(C)CC1CC1. The molecule has 0 radical (unpaired) electrons. The van der Waals surface area contributed by atoms with E-state index >= 15 is 0 Å². The maximum absolute atomic E-state index is 13.3. The zero-order valence-electron chi connectivity index (χ0n) is 20.7. The van der Waals surface area contributed by atoms with Crippen LogP contribution in [0.4, 0.5) is 0 Å². The van der Waals surface area contributed by atoms with E-state index in [1.165, 1.54) is 18.4 Å². The number of carbonyl (C=O) groups excluding carboxylic acids is 1. The molecule has 1 aromatic rings. The predicted molar refractivity (Wildman–Crippen MR) is 129 cm³/mol. The zero-order valence-corrected chi connectivity index (χ0v) is 20.7. The van der Waals surface area contributed by atoms with Crippen LogP contribution in [-0.4, -0.2) is 55.2 Å². The van der Waals surface area contributed by atoms with E-state index in [0.717, 1.165) is 55.2 Å². The smallest absolute Gasteiger partial charge is 0.174 e. The molecule has 0 saturated heterocycles. The number of benzene rings is 1. The number of hydrogen-bond donors (Lipinski definition) is 0. The van der Waals surface area contributed by atoms with Gasteiger partial charge in [0.2, 0.25) is 0 Å². The molecule has 2 saturated carbocycles. The molecule has 4 atom stereocenters. The molecule has 0 aromatic heterocycles. The lowest BCUT2D eigenvalue weighted by atomic mass is 9.52. The van der Waals surface area contributed by atoms with Crippen molar-refractivity contribution in [3.05, 3.63) is 35.4 Å². The standard InChI is InChI=1S/C28H39NO4/c1-5-7-15-31-22-12-11-20-17-23(29(4)18-19-9-10-19)28(32-16-8-6-2)14-13-21(30)26-27(28,3)24(20)25(22)33-26/h6,8,11-12,19,23,26H,5,7,9-10,13-18H2,1-4H3/b8-6+/t23-,26+,27?,28-/m1/s1. The Hall–Kier alpha value is -1.85. The van der Waals surface area contributed by atoms with Gasteiger partial charge in [0.1, 0.15) is 0 Å². The molecule has 2 fully saturated rings. The first-order valence-electron chi connectivity index (χ1n) is 12.9. The summed E-state index contributed by atoms with van der Waals surface area (Å²) in [5.41, 5.74) is 1.44. The van der Waals surface area contributed by atoms with Crippen molar-refractivity contribution in [3.63, 3.8) is 0 Å². The quantitative estimate of drug-likeness (QED) is 0.375. The van der Waals surface area contributed by atoms with Crippen molar-refractivity contribution in [2.45, 2.75) is 88.9 Å². The summed E-state index contributed by atoms with van der Waals surface area (Å²) in [4.78, 5) is 15.8. The van der Waals surface area contributed by atoms with Crippen molar-refractivity contribution in [2.24, 2.45) is 5.92 Å². The van der Waals surface area contributed by atoms with Crippen LogP contribution >= 0.6 is 0 Å². The van der Waals surface area contributed by atoms with Gasteiger partial charge >= 0.3 is 0 Å². The Morgan fingerprint density at radius 3 is 2.85 bits per heavy atom. The fourth-order valence-corrected chi connectivity index (χ4v) is 6.63. The number of allylic oxidation sites excluding steroid dienone is 1. The molecule has 1 aliphatic heterocycles. The number of hydrogen-bond acceptors (Lipinski definition) is 5. The molecule has 5 heteroatoms. The normalized spacial score (nSPS) is 32.3. The molecular weight excluding hydrogens is 414 g/mol. The van der Waals surface area contributed by atoms with Gasteiger partial charge in [0.25, 0.3) is 0 Å². The highest BCUT2D eigenvalue weighted by atomic mass is 16.5. The molecule has 180 valence electrons. The van der Waals surface area contributed by atoms with E-state index in [1.54, 1.807) is 0 Å². The van der Waals surface area contributed by atoms with Crippen molar-refractivity contribution >= 4 is 5.78 Å². The van der Waals surface area contributed by atoms with Gasteiger partial charge in [0.15, 0.2) is 23.4 Å². The lowest BCUT2D eigenvalue weighted by Gasteiger charge is -2.59. The Labute approximate surface area is 198 Å². The molecule has 0 spiro atoms. The molecule has 3 aliphatic carbocycles. The van der Waals surface area contributed by atoms with Crippen LogP contribution in [0.3, 0.4) is 0 Å². The summed E-state index contributed by atoms with van der Waals surface area (Å²) in [5.74, 6) is 2.55. The Kier molecular flexibility index (Phi) is 6.07. The number of likely N-dealkylation sites (N-methyl/N-ethyl adjacent to an activating group) is 1. The third kappa shape index (κ3) is 3.54. The number of unbranched alkanes of at least 4 members (excludes halogenated alkanes) is 1. The van der Waals surface area contributed by atoms with E-state index in [1.807, 2.05) is 13.0 Å². The maximum Gasteiger partial charge on any atom is 0.174 e. The molecule has 1 heterocycles. The predicted octanol–water partition coefficient (Wildman–Crippen LogP) is 4.85. The van der Waals surface area contributed by atoms with E-state index in [0.29, 0.717) is 19.6 Å². The van der Waals surface area contributed by atoms with Gasteiger partial charge in [-0.25, -0.2) is 0 Å². The Morgan fingerprint density at radius 1 is 1.30 bits per heavy atom. The fourth-order valence-electron chi connectivity index (χ4n) is 6.63. The Bertz CT molecular complexity index is 938. The summed E-state index contributed by atoms with van der Waals surface area (Å²) in [6, 6.07) is 4.47. The average molecular weight is 454 g/mol. The Morgan fingerprint density at radius 2 is 2.12 bits per heavy atom. The minimum Gasteiger partial charge on any atom is -0.490 e. The first-order valence-corrected chi connectivity index (χ1v) is 12.9. The van der Waals surface area contributed by atoms with E-state index in [4.69, 9.17) is 14.2 Å². The van der Waals surface area contributed by atoms with Crippen molar-refractivity contribution in [2.75, 3.05) is 26.8 Å². The van der Waals surface area contributed by atoms with Gasteiger partial charge in [-0.2, -0.15) is 0 Å². The van der Waals surface area contributed by atoms with Crippen LogP contribution in [0, 0.1) is 5.92 Å². The number of Topliss-reactive ketones (excluding diaryl/α,β-unsaturated/α-hetero) is 1. The lowest BCUT2D eigenvalue weighted by Crippen LogP contribution is -2.72. The lowest BCUT2D eigenvalue weighted by molar-refractivity contribution is -0.183. The second kappa shape index (κ2) is 8.74. The van der Waals surface area contributed by atoms with E-state index in [-0.39, 0.29) is 11.8 Å². The summed E-state index contributed by atoms with van der Waals surface area (Å²) < 4.78 is 19.6. The molecule has 0 N–H and O–H groups in total. The first kappa shape index (κ1) is 22.9. The third-order valence-corrected chi connectivity index (χ3v) is 8.56. The maximum atomic E-state index is 13.3. The van der Waals surface area contributed by atoms with Crippen LogP contribution < -0.4 is 9.47 Å². The molecule has 1 aromatic carbocycles. The van der Waals surface area contributed by atoms with Crippen molar-refractivity contribution < 1.29 is 19.0 Å². The highest BCUT2D eigenvalue weighted by Crippen LogP contribution is 2.63. The second-order valence-corrected chi connectivity index (χ2v) is 10.7. The zero-order chi connectivity index (χ0) is 23.2. The highest BCUT2D eigenvalue weighted by molar-refractivity contribution is 5.89. The third-order valence-electron chi connectivity index (χ3n) is 8.56. The largest absolute Gasteiger partial charge is 0.490 e. The second-order valence-electron chi connectivity index (χ2n) is 10.7. The van der Waals surface area contributed by atoms with Crippen LogP contribution in [-0.2, 0) is 21.4 Å². The molecular formula is C28H39NO4. The van der Waals surface area contributed by atoms with Gasteiger partial charge in [0.05, 0.1) is 24.2 Å². The molecule has 5 rings (SSSR count). The highest BCUT2D eigenvalue weighted by Gasteiger charge is 2.70. The monoisotopic (exact) mass is 453 g/mol. The summed E-state index contributed by atoms with van der Waals surface area (Å²) in [5, 5.41) is 0. The van der Waals surface area contributed by atoms with Gasteiger partial charge < -0.3 is 14.2 Å². The fraction of sp³-hybridized carbons (Fsp3) is 0.679. The van der Waals surface area contributed by atoms with Crippen molar-refractivity contribution in [1.82, 2.24) is 4.90 Å². The minimum absolute atomic E-state index is 0.190. The number of rotatable bonds is 10. The first-order chi connectivity index (χ1) is 16.0. The van der Waals surface area contributed by atoms with Crippen LogP contribution in [0.2, 0.25) is 0 Å². The topological polar surface area (TPSA) is 48.0 Å². The molecule has 33 heavy (non-hydrogen) atoms. The van der Waals surface area contributed by atoms with E-state index < -0.39 is 17.1 Å². The van der Waals surface area contributed by atoms with Crippen molar-refractivity contribution in [3.8, 4) is 11.5 Å². The summed E-state index contributed by atoms with van der Waals surface area (Å²) in [6.07, 6.45) is 10.5. The van der Waals surface area contributed by atoms with Gasteiger partial charge in [-0.3, -0.25) is 9.69 Å². The average Bonchev–Trinajstić information content (AvgIpc) is 3.55. The minimum atomic E-state index is -0.528. The van der Waals surface area contributed by atoms with E-state index in [2.05, 4.69) is 44.0 Å². The Balaban J connectivity index is 1.62. The summed E-state index contributed by atoms with van der Waals surface area (Å²) in [7, 11) is 2.25. The van der Waals surface area contributed by atoms with Crippen LogP contribution in [0.1, 0.15) is 70.4 Å². The molecule has 0 bridgehead atoms. The number of ketones is 1. The number of ether oxygens (including phenoxy) is 3.